The molecule has 0 radical (unpaired) electrons. The van der Waals surface area contributed by atoms with E-state index in [1.165, 1.54) is 0 Å². The number of rotatable bonds is 4. The van der Waals surface area contributed by atoms with E-state index in [1.54, 1.807) is 6.07 Å². The summed E-state index contributed by atoms with van der Waals surface area (Å²) in [5, 5.41) is 0. The maximum absolute atomic E-state index is 5.59. The van der Waals surface area contributed by atoms with Gasteiger partial charge in [-0.05, 0) is 22.9 Å². The molecule has 0 aliphatic carbocycles. The molecule has 0 aromatic carbocycles. The fourth-order valence-electron chi connectivity index (χ4n) is 1.14. The monoisotopic (exact) mass is 298 g/mol. The average molecular weight is 299 g/mol. The van der Waals surface area contributed by atoms with Crippen LogP contribution >= 0.6 is 15.9 Å². The van der Waals surface area contributed by atoms with E-state index in [-0.39, 0.29) is 5.41 Å². The van der Waals surface area contributed by atoms with E-state index in [0.717, 1.165) is 22.4 Å². The average Bonchev–Trinajstić information content (AvgIpc) is 2.14. The number of nitrogens with zero attached hydrogens (tertiary/aromatic N) is 2. The summed E-state index contributed by atoms with van der Waals surface area (Å²) >= 11 is 3.38. The largest absolute Gasteiger partial charge is 0.477 e. The summed E-state index contributed by atoms with van der Waals surface area (Å²) in [4.78, 5) is 8.76. The molecule has 0 unspecified atom stereocenters. The van der Waals surface area contributed by atoms with Gasteiger partial charge in [-0.15, -0.1) is 6.58 Å². The molecule has 0 bridgehead atoms. The van der Waals surface area contributed by atoms with Crippen LogP contribution in [0.25, 0.3) is 0 Å². The second kappa shape index (κ2) is 5.63. The van der Waals surface area contributed by atoms with Gasteiger partial charge in [-0.3, -0.25) is 0 Å². The van der Waals surface area contributed by atoms with Gasteiger partial charge in [0.1, 0.15) is 10.4 Å². The first-order chi connectivity index (χ1) is 7.79. The summed E-state index contributed by atoms with van der Waals surface area (Å²) in [6.45, 7) is 12.7. The molecule has 0 aliphatic rings. The van der Waals surface area contributed by atoms with E-state index >= 15 is 0 Å². The second-order valence-corrected chi connectivity index (χ2v) is 5.97. The third-order valence-electron chi connectivity index (χ3n) is 2.12. The molecular weight excluding hydrogens is 280 g/mol. The van der Waals surface area contributed by atoms with E-state index in [2.05, 4.69) is 53.2 Å². The van der Waals surface area contributed by atoms with Crippen LogP contribution in [-0.4, -0.2) is 16.6 Å². The van der Waals surface area contributed by atoms with Gasteiger partial charge < -0.3 is 4.74 Å². The second-order valence-electron chi connectivity index (χ2n) is 5.16. The van der Waals surface area contributed by atoms with Crippen LogP contribution in [0.5, 0.6) is 5.88 Å². The van der Waals surface area contributed by atoms with Crippen molar-refractivity contribution < 1.29 is 4.74 Å². The molecule has 3 nitrogen and oxygen atoms in total. The van der Waals surface area contributed by atoms with Gasteiger partial charge in [-0.2, -0.15) is 4.98 Å². The van der Waals surface area contributed by atoms with Crippen LogP contribution in [0.2, 0.25) is 0 Å². The van der Waals surface area contributed by atoms with E-state index < -0.39 is 0 Å². The lowest BCUT2D eigenvalue weighted by Crippen LogP contribution is -2.16. The highest BCUT2D eigenvalue weighted by atomic mass is 79.9. The van der Waals surface area contributed by atoms with Crippen LogP contribution in [-0.2, 0) is 5.41 Å². The number of hydrogen-bond acceptors (Lipinski definition) is 3. The lowest BCUT2D eigenvalue weighted by atomic mass is 9.96. The van der Waals surface area contributed by atoms with Crippen LogP contribution in [0.1, 0.15) is 39.9 Å². The van der Waals surface area contributed by atoms with Crippen LogP contribution < -0.4 is 4.74 Å². The molecule has 1 heterocycles. The number of aromatic nitrogens is 2. The zero-order valence-corrected chi connectivity index (χ0v) is 12.5. The molecule has 0 spiro atoms. The van der Waals surface area contributed by atoms with Gasteiger partial charge in [0.2, 0.25) is 5.88 Å². The van der Waals surface area contributed by atoms with Crippen molar-refractivity contribution in [2.75, 3.05) is 6.61 Å². The minimum atomic E-state index is -0.0871. The molecule has 0 saturated heterocycles. The summed E-state index contributed by atoms with van der Waals surface area (Å²) in [7, 11) is 0. The molecule has 0 atom stereocenters. The third kappa shape index (κ3) is 4.86. The van der Waals surface area contributed by atoms with E-state index in [0.29, 0.717) is 12.5 Å². The topological polar surface area (TPSA) is 35.0 Å². The Kier molecular flexibility index (Phi) is 4.69. The quantitative estimate of drug-likeness (QED) is 0.625. The molecule has 0 saturated carbocycles. The Hall–Kier alpha value is -0.900. The first-order valence-electron chi connectivity index (χ1n) is 5.61. The number of hydrogen-bond donors (Lipinski definition) is 0. The minimum Gasteiger partial charge on any atom is -0.477 e. The molecule has 0 aliphatic heterocycles. The summed E-state index contributed by atoms with van der Waals surface area (Å²) < 4.78 is 6.34. The summed E-state index contributed by atoms with van der Waals surface area (Å²) in [6.07, 6.45) is 0.840. The molecule has 1 aromatic heterocycles. The molecule has 0 amide bonds. The third-order valence-corrected chi connectivity index (χ3v) is 2.53. The van der Waals surface area contributed by atoms with Crippen LogP contribution in [0.3, 0.4) is 0 Å². The zero-order valence-electron chi connectivity index (χ0n) is 10.9. The summed E-state index contributed by atoms with van der Waals surface area (Å²) in [5.41, 5.74) is 1.02. The maximum atomic E-state index is 5.59. The molecule has 0 fully saturated rings. The normalized spacial score (nSPS) is 11.4. The number of ether oxygens (including phenoxy) is 1. The minimum absolute atomic E-state index is 0.0871. The van der Waals surface area contributed by atoms with Crippen molar-refractivity contribution in [1.82, 2.24) is 9.97 Å². The maximum Gasteiger partial charge on any atom is 0.217 e. The Morgan fingerprint density at radius 3 is 2.59 bits per heavy atom. The molecule has 1 aromatic rings. The van der Waals surface area contributed by atoms with E-state index in [1.807, 2.05) is 6.92 Å². The SMILES string of the molecule is C=C(C)CCOc1cc(Br)nc(C(C)(C)C)n1. The highest BCUT2D eigenvalue weighted by Gasteiger charge is 2.19. The smallest absolute Gasteiger partial charge is 0.217 e. The van der Waals surface area contributed by atoms with Crippen molar-refractivity contribution in [2.45, 2.75) is 39.5 Å². The van der Waals surface area contributed by atoms with Gasteiger partial charge in [0, 0.05) is 17.9 Å². The Morgan fingerprint density at radius 2 is 2.06 bits per heavy atom. The molecular formula is C13H19BrN2O. The van der Waals surface area contributed by atoms with Crippen LogP contribution in [0.15, 0.2) is 22.8 Å². The lowest BCUT2D eigenvalue weighted by molar-refractivity contribution is 0.305. The highest BCUT2D eigenvalue weighted by molar-refractivity contribution is 9.10. The molecule has 94 valence electrons. The van der Waals surface area contributed by atoms with Crippen LogP contribution in [0.4, 0.5) is 0 Å². The lowest BCUT2D eigenvalue weighted by Gasteiger charge is -2.17. The summed E-state index contributed by atoms with van der Waals surface area (Å²) in [6, 6.07) is 1.79. The van der Waals surface area contributed by atoms with Gasteiger partial charge >= 0.3 is 0 Å². The van der Waals surface area contributed by atoms with Crippen LogP contribution in [0, 0.1) is 0 Å². The fourth-order valence-corrected chi connectivity index (χ4v) is 1.50. The standard InChI is InChI=1S/C13H19BrN2O/c1-9(2)6-7-17-11-8-10(14)15-12(16-11)13(3,4)5/h8H,1,6-7H2,2-5H3. The first kappa shape index (κ1) is 14.2. The van der Waals surface area contributed by atoms with Crippen molar-refractivity contribution in [3.63, 3.8) is 0 Å². The Balaban J connectivity index is 2.79. The zero-order chi connectivity index (χ0) is 13.1. The fraction of sp³-hybridized carbons (Fsp3) is 0.538. The first-order valence-corrected chi connectivity index (χ1v) is 6.40. The van der Waals surface area contributed by atoms with E-state index in [9.17, 15) is 0 Å². The molecule has 0 N–H and O–H groups in total. The van der Waals surface area contributed by atoms with Gasteiger partial charge in [0.25, 0.3) is 0 Å². The van der Waals surface area contributed by atoms with Crippen molar-refractivity contribution in [1.29, 1.82) is 0 Å². The van der Waals surface area contributed by atoms with Gasteiger partial charge in [0.05, 0.1) is 6.61 Å². The van der Waals surface area contributed by atoms with Crippen molar-refractivity contribution >= 4 is 15.9 Å². The predicted molar refractivity (Wildman–Crippen MR) is 73.4 cm³/mol. The molecule has 17 heavy (non-hydrogen) atoms. The predicted octanol–water partition coefficient (Wildman–Crippen LogP) is 3.88. The van der Waals surface area contributed by atoms with Gasteiger partial charge in [0.15, 0.2) is 0 Å². The molecule has 1 rings (SSSR count). The van der Waals surface area contributed by atoms with Crippen molar-refractivity contribution in [2.24, 2.45) is 0 Å². The Bertz CT molecular complexity index is 410. The van der Waals surface area contributed by atoms with E-state index in [4.69, 9.17) is 4.74 Å². The van der Waals surface area contributed by atoms with Gasteiger partial charge in [-0.25, -0.2) is 4.98 Å². The number of halogens is 1. The van der Waals surface area contributed by atoms with Gasteiger partial charge in [-0.1, -0.05) is 26.3 Å². The summed E-state index contributed by atoms with van der Waals surface area (Å²) in [5.74, 6) is 1.38. The van der Waals surface area contributed by atoms with Crippen molar-refractivity contribution in [3.8, 4) is 5.88 Å². The Morgan fingerprint density at radius 1 is 1.41 bits per heavy atom. The van der Waals surface area contributed by atoms with Crippen molar-refractivity contribution in [3.05, 3.63) is 28.6 Å². The highest BCUT2D eigenvalue weighted by Crippen LogP contribution is 2.23. The Labute approximate surface area is 111 Å². The molecule has 4 heteroatoms.